The summed E-state index contributed by atoms with van der Waals surface area (Å²) < 4.78 is 22.7. The average Bonchev–Trinajstić information content (AvgIpc) is 2.30. The van der Waals surface area contributed by atoms with Crippen LogP contribution in [0.5, 0.6) is 0 Å². The van der Waals surface area contributed by atoms with Gasteiger partial charge in [0.1, 0.15) is 0 Å². The molecule has 0 bridgehead atoms. The van der Waals surface area contributed by atoms with Crippen molar-refractivity contribution in [2.45, 2.75) is 77.6 Å². The zero-order valence-electron chi connectivity index (χ0n) is 11.2. The van der Waals surface area contributed by atoms with Gasteiger partial charge in [0, 0.05) is 17.8 Å². The van der Waals surface area contributed by atoms with Crippen molar-refractivity contribution in [3.8, 4) is 0 Å². The van der Waals surface area contributed by atoms with Gasteiger partial charge < -0.3 is 4.55 Å². The molecule has 0 aromatic carbocycles. The van der Waals surface area contributed by atoms with Crippen LogP contribution in [-0.2, 0) is 11.3 Å². The van der Waals surface area contributed by atoms with E-state index < -0.39 is 11.3 Å². The molecule has 0 saturated heterocycles. The van der Waals surface area contributed by atoms with E-state index in [1.807, 2.05) is 0 Å². The van der Waals surface area contributed by atoms with Gasteiger partial charge in [0.25, 0.3) is 0 Å². The number of rotatable bonds is 13. The van der Waals surface area contributed by atoms with Gasteiger partial charge in [-0.2, -0.15) is 0 Å². The highest BCUT2D eigenvalue weighted by Crippen LogP contribution is 2.10. The largest absolute Gasteiger partial charge is 0.760 e. The third kappa shape index (κ3) is 16.1. The summed E-state index contributed by atoms with van der Waals surface area (Å²) in [6.07, 6.45) is 14.2. The smallest absolute Gasteiger partial charge is 0.0181 e. The second kappa shape index (κ2) is 14.1. The minimum absolute atomic E-state index is 0.590. The molecule has 4 heteroatoms. The molecular formula is C13H28NO2S-. The van der Waals surface area contributed by atoms with Crippen LogP contribution in [0.15, 0.2) is 0 Å². The molecular weight excluding hydrogens is 234 g/mol. The van der Waals surface area contributed by atoms with Crippen molar-refractivity contribution in [1.29, 1.82) is 0 Å². The van der Waals surface area contributed by atoms with Crippen LogP contribution < -0.4 is 4.72 Å². The van der Waals surface area contributed by atoms with Crippen molar-refractivity contribution in [2.75, 3.05) is 6.54 Å². The molecule has 0 radical (unpaired) electrons. The van der Waals surface area contributed by atoms with Crippen LogP contribution in [0, 0.1) is 0 Å². The van der Waals surface area contributed by atoms with Gasteiger partial charge >= 0.3 is 0 Å². The summed E-state index contributed by atoms with van der Waals surface area (Å²) in [6, 6.07) is 0. The van der Waals surface area contributed by atoms with Crippen LogP contribution in [0.2, 0.25) is 0 Å². The highest BCUT2D eigenvalue weighted by molar-refractivity contribution is 7.77. The third-order valence-corrected chi connectivity index (χ3v) is 3.44. The third-order valence-electron chi connectivity index (χ3n) is 3.00. The predicted octanol–water partition coefficient (Wildman–Crippen LogP) is 3.68. The van der Waals surface area contributed by atoms with E-state index in [-0.39, 0.29) is 0 Å². The van der Waals surface area contributed by atoms with Crippen LogP contribution >= 0.6 is 0 Å². The maximum absolute atomic E-state index is 10.2. The fourth-order valence-corrected chi connectivity index (χ4v) is 2.26. The molecule has 1 unspecified atom stereocenters. The number of hydrogen-bond acceptors (Lipinski definition) is 2. The molecule has 0 spiro atoms. The minimum atomic E-state index is -2.08. The summed E-state index contributed by atoms with van der Waals surface area (Å²) in [7, 11) is 0. The molecule has 3 nitrogen and oxygen atoms in total. The summed E-state index contributed by atoms with van der Waals surface area (Å²) >= 11 is -2.08. The molecule has 0 saturated carbocycles. The normalized spacial score (nSPS) is 12.8. The average molecular weight is 262 g/mol. The van der Waals surface area contributed by atoms with Crippen molar-refractivity contribution in [3.05, 3.63) is 0 Å². The van der Waals surface area contributed by atoms with Gasteiger partial charge in [-0.05, 0) is 6.42 Å². The summed E-state index contributed by atoms with van der Waals surface area (Å²) in [5, 5.41) is 0. The lowest BCUT2D eigenvalue weighted by Gasteiger charge is -2.06. The molecule has 17 heavy (non-hydrogen) atoms. The van der Waals surface area contributed by atoms with E-state index in [1.54, 1.807) is 0 Å². The summed E-state index contributed by atoms with van der Waals surface area (Å²) in [5.41, 5.74) is 0. The lowest BCUT2D eigenvalue weighted by Crippen LogP contribution is -2.17. The van der Waals surface area contributed by atoms with E-state index in [1.165, 1.54) is 57.8 Å². The van der Waals surface area contributed by atoms with Crippen molar-refractivity contribution in [1.82, 2.24) is 4.72 Å². The predicted molar refractivity (Wildman–Crippen MR) is 73.4 cm³/mol. The molecule has 0 aromatic heterocycles. The van der Waals surface area contributed by atoms with Crippen LogP contribution in [-0.4, -0.2) is 15.3 Å². The number of unbranched alkanes of at least 4 members (excludes halogenated alkanes) is 10. The van der Waals surface area contributed by atoms with E-state index >= 15 is 0 Å². The Balaban J connectivity index is 2.91. The topological polar surface area (TPSA) is 52.2 Å². The Bertz CT molecular complexity index is 177. The van der Waals surface area contributed by atoms with Crippen LogP contribution in [0.3, 0.4) is 0 Å². The highest BCUT2D eigenvalue weighted by Gasteiger charge is 1.92. The van der Waals surface area contributed by atoms with Gasteiger partial charge in [0.05, 0.1) is 0 Å². The maximum Gasteiger partial charge on any atom is 0.0181 e. The molecule has 104 valence electrons. The lowest BCUT2D eigenvalue weighted by atomic mass is 10.1. The Labute approximate surface area is 109 Å². The zero-order valence-corrected chi connectivity index (χ0v) is 12.0. The molecule has 0 aliphatic carbocycles. The van der Waals surface area contributed by atoms with E-state index in [2.05, 4.69) is 11.6 Å². The van der Waals surface area contributed by atoms with Gasteiger partial charge in [0.2, 0.25) is 0 Å². The second-order valence-electron chi connectivity index (χ2n) is 4.66. The van der Waals surface area contributed by atoms with Crippen molar-refractivity contribution >= 4 is 11.3 Å². The fraction of sp³-hybridized carbons (Fsp3) is 1.00. The molecule has 0 aromatic rings. The Hall–Kier alpha value is 0.0700. The molecule has 1 atom stereocenters. The minimum Gasteiger partial charge on any atom is -0.760 e. The first-order valence-electron chi connectivity index (χ1n) is 7.10. The Morgan fingerprint density at radius 3 is 1.65 bits per heavy atom. The van der Waals surface area contributed by atoms with Crippen LogP contribution in [0.25, 0.3) is 0 Å². The first-order valence-corrected chi connectivity index (χ1v) is 8.17. The monoisotopic (exact) mass is 262 g/mol. The summed E-state index contributed by atoms with van der Waals surface area (Å²) in [4.78, 5) is 0. The first kappa shape index (κ1) is 17.1. The molecule has 0 heterocycles. The summed E-state index contributed by atoms with van der Waals surface area (Å²) in [6.45, 7) is 2.84. The van der Waals surface area contributed by atoms with Crippen LogP contribution in [0.4, 0.5) is 0 Å². The van der Waals surface area contributed by atoms with E-state index in [0.717, 1.165) is 12.8 Å². The molecule has 1 N–H and O–H groups in total. The zero-order chi connectivity index (χ0) is 12.8. The van der Waals surface area contributed by atoms with E-state index in [9.17, 15) is 8.76 Å². The maximum atomic E-state index is 10.2. The van der Waals surface area contributed by atoms with Gasteiger partial charge in [-0.25, -0.2) is 4.72 Å². The Morgan fingerprint density at radius 2 is 1.24 bits per heavy atom. The van der Waals surface area contributed by atoms with Crippen LogP contribution in [0.1, 0.15) is 77.6 Å². The SMILES string of the molecule is CCCCCCCCCCCCCNS(=O)[O-]. The molecule has 0 aliphatic heterocycles. The van der Waals surface area contributed by atoms with E-state index in [4.69, 9.17) is 0 Å². The molecule has 0 amide bonds. The quantitative estimate of drug-likeness (QED) is 0.406. The Kier molecular flexibility index (Phi) is 14.2. The first-order chi connectivity index (χ1) is 8.27. The van der Waals surface area contributed by atoms with Gasteiger partial charge in [-0.3, -0.25) is 4.21 Å². The van der Waals surface area contributed by atoms with Crippen molar-refractivity contribution in [2.24, 2.45) is 0 Å². The number of hydrogen-bond donors (Lipinski definition) is 1. The van der Waals surface area contributed by atoms with Crippen molar-refractivity contribution < 1.29 is 8.76 Å². The number of nitrogens with one attached hydrogen (secondary N) is 1. The van der Waals surface area contributed by atoms with Gasteiger partial charge in [0.15, 0.2) is 0 Å². The fourth-order valence-electron chi connectivity index (χ4n) is 1.94. The highest BCUT2D eigenvalue weighted by atomic mass is 32.2. The Morgan fingerprint density at radius 1 is 0.824 bits per heavy atom. The van der Waals surface area contributed by atoms with Gasteiger partial charge in [-0.15, -0.1) is 0 Å². The standard InChI is InChI=1S/C13H29NO2S/c1-2-3-4-5-6-7-8-9-10-11-12-13-14-17(15)16/h14H,2-13H2,1H3,(H,15,16)/p-1. The molecule has 0 rings (SSSR count). The molecule has 0 fully saturated rings. The molecule has 0 aliphatic rings. The van der Waals surface area contributed by atoms with Crippen molar-refractivity contribution in [3.63, 3.8) is 0 Å². The van der Waals surface area contributed by atoms with E-state index in [0.29, 0.717) is 6.54 Å². The second-order valence-corrected chi connectivity index (χ2v) is 5.42. The summed E-state index contributed by atoms with van der Waals surface area (Å²) in [5.74, 6) is 0. The van der Waals surface area contributed by atoms with Gasteiger partial charge in [-0.1, -0.05) is 71.1 Å². The lowest BCUT2D eigenvalue weighted by molar-refractivity contribution is 0.515.